The summed E-state index contributed by atoms with van der Waals surface area (Å²) in [5, 5.41) is 5.74. The Kier molecular flexibility index (Phi) is 6.00. The van der Waals surface area contributed by atoms with Crippen LogP contribution in [-0.2, 0) is 0 Å². The van der Waals surface area contributed by atoms with Crippen molar-refractivity contribution in [3.05, 3.63) is 90.0 Å². The Morgan fingerprint density at radius 3 is 2.29 bits per heavy atom. The average molecular weight is 430 g/mol. The number of nitrogens with zero attached hydrogens (tertiary/aromatic N) is 2. The van der Waals surface area contributed by atoms with Crippen LogP contribution in [-0.4, -0.2) is 28.3 Å². The predicted molar refractivity (Wildman–Crippen MR) is 121 cm³/mol. The van der Waals surface area contributed by atoms with E-state index >= 15 is 0 Å². The van der Waals surface area contributed by atoms with Gasteiger partial charge in [-0.2, -0.15) is 9.36 Å². The maximum absolute atomic E-state index is 13.1. The van der Waals surface area contributed by atoms with Crippen LogP contribution in [0.15, 0.2) is 78.9 Å². The molecule has 4 rings (SSSR count). The van der Waals surface area contributed by atoms with Crippen LogP contribution >= 0.6 is 11.5 Å². The smallest absolute Gasteiger partial charge is 0.325 e. The van der Waals surface area contributed by atoms with Crippen LogP contribution in [0.25, 0.3) is 11.4 Å². The van der Waals surface area contributed by atoms with Crippen molar-refractivity contribution < 1.29 is 14.3 Å². The summed E-state index contributed by atoms with van der Waals surface area (Å²) in [6, 6.07) is 22.7. The van der Waals surface area contributed by atoms with Crippen LogP contribution in [0.4, 0.5) is 15.6 Å². The van der Waals surface area contributed by atoms with E-state index in [1.54, 1.807) is 48.5 Å². The number of benzene rings is 3. The van der Waals surface area contributed by atoms with Crippen LogP contribution in [0.2, 0.25) is 0 Å². The zero-order valence-corrected chi connectivity index (χ0v) is 17.3. The Bertz CT molecular complexity index is 1220. The van der Waals surface area contributed by atoms with Gasteiger partial charge in [0.1, 0.15) is 5.75 Å². The molecule has 0 saturated heterocycles. The number of ether oxygens (including phenoxy) is 1. The SMILES string of the molecule is COc1ccccc1C(=O)c1ccccc1NC(=O)Nc1nc(-c2ccccc2)ns1. The fraction of sp³-hybridized carbons (Fsp3) is 0.0435. The molecule has 0 aliphatic rings. The van der Waals surface area contributed by atoms with Gasteiger partial charge in [0.15, 0.2) is 11.6 Å². The van der Waals surface area contributed by atoms with E-state index in [4.69, 9.17) is 4.74 Å². The van der Waals surface area contributed by atoms with Crippen molar-refractivity contribution in [3.63, 3.8) is 0 Å². The zero-order valence-electron chi connectivity index (χ0n) is 16.5. The lowest BCUT2D eigenvalue weighted by atomic mass is 10.0. The molecule has 1 heterocycles. The first kappa shape index (κ1) is 20.2. The summed E-state index contributed by atoms with van der Waals surface area (Å²) in [5.41, 5.74) is 2.00. The molecule has 0 radical (unpaired) electrons. The van der Waals surface area contributed by atoms with Crippen LogP contribution in [0.5, 0.6) is 5.75 Å². The molecule has 3 aromatic carbocycles. The number of rotatable bonds is 6. The molecule has 2 N–H and O–H groups in total. The number of carbonyl (C=O) groups excluding carboxylic acids is 2. The van der Waals surface area contributed by atoms with E-state index in [1.165, 1.54) is 7.11 Å². The normalized spacial score (nSPS) is 10.4. The second-order valence-electron chi connectivity index (χ2n) is 6.44. The highest BCUT2D eigenvalue weighted by Crippen LogP contribution is 2.26. The maximum Gasteiger partial charge on any atom is 0.325 e. The second kappa shape index (κ2) is 9.19. The first-order valence-electron chi connectivity index (χ1n) is 9.39. The van der Waals surface area contributed by atoms with Gasteiger partial charge in [-0.1, -0.05) is 54.6 Å². The number of nitrogens with one attached hydrogen (secondary N) is 2. The van der Waals surface area contributed by atoms with Gasteiger partial charge < -0.3 is 10.1 Å². The average Bonchev–Trinajstić information content (AvgIpc) is 3.28. The molecule has 0 aliphatic heterocycles. The van der Waals surface area contributed by atoms with E-state index < -0.39 is 6.03 Å². The van der Waals surface area contributed by atoms with Crippen molar-refractivity contribution in [3.8, 4) is 17.1 Å². The third-order valence-electron chi connectivity index (χ3n) is 4.45. The van der Waals surface area contributed by atoms with E-state index in [-0.39, 0.29) is 5.78 Å². The van der Waals surface area contributed by atoms with Crippen molar-refractivity contribution in [2.24, 2.45) is 0 Å². The quantitative estimate of drug-likeness (QED) is 0.416. The highest BCUT2D eigenvalue weighted by Gasteiger charge is 2.18. The van der Waals surface area contributed by atoms with Gasteiger partial charge in [0.2, 0.25) is 5.13 Å². The molecule has 31 heavy (non-hydrogen) atoms. The maximum atomic E-state index is 13.1. The Morgan fingerprint density at radius 1 is 0.839 bits per heavy atom. The largest absolute Gasteiger partial charge is 0.496 e. The first-order chi connectivity index (χ1) is 15.2. The van der Waals surface area contributed by atoms with Gasteiger partial charge in [-0.05, 0) is 24.3 Å². The van der Waals surface area contributed by atoms with E-state index in [1.807, 2.05) is 30.3 Å². The van der Waals surface area contributed by atoms with Crippen molar-refractivity contribution in [2.45, 2.75) is 0 Å². The lowest BCUT2D eigenvalue weighted by Crippen LogP contribution is -2.21. The summed E-state index contributed by atoms with van der Waals surface area (Å²) in [5.74, 6) is 0.748. The summed E-state index contributed by atoms with van der Waals surface area (Å²) >= 11 is 1.08. The standard InChI is InChI=1S/C23H18N4O3S/c1-30-19-14-8-6-12-17(19)20(28)16-11-5-7-13-18(16)24-22(29)26-23-25-21(27-31-23)15-9-3-2-4-10-15/h2-14H,1H3,(H2,24,25,26,27,29). The number of anilines is 2. The molecule has 8 heteroatoms. The molecule has 7 nitrogen and oxygen atoms in total. The minimum absolute atomic E-state index is 0.254. The Hall–Kier alpha value is -4.04. The van der Waals surface area contributed by atoms with Gasteiger partial charge in [0.05, 0.1) is 18.4 Å². The van der Waals surface area contributed by atoms with Crippen molar-refractivity contribution >= 4 is 34.2 Å². The Balaban J connectivity index is 1.51. The van der Waals surface area contributed by atoms with E-state index in [9.17, 15) is 9.59 Å². The van der Waals surface area contributed by atoms with E-state index in [2.05, 4.69) is 20.0 Å². The topological polar surface area (TPSA) is 93.2 Å². The minimum atomic E-state index is -0.518. The van der Waals surface area contributed by atoms with Crippen molar-refractivity contribution in [2.75, 3.05) is 17.7 Å². The molecule has 154 valence electrons. The molecule has 4 aromatic rings. The molecule has 0 aliphatic carbocycles. The van der Waals surface area contributed by atoms with Crippen molar-refractivity contribution in [1.29, 1.82) is 0 Å². The summed E-state index contributed by atoms with van der Waals surface area (Å²) < 4.78 is 9.56. The molecular weight excluding hydrogens is 412 g/mol. The van der Waals surface area contributed by atoms with Crippen LogP contribution in [0, 0.1) is 0 Å². The molecular formula is C23H18N4O3S. The number of urea groups is 1. The number of methoxy groups -OCH3 is 1. The molecule has 0 atom stereocenters. The first-order valence-corrected chi connectivity index (χ1v) is 10.2. The van der Waals surface area contributed by atoms with Gasteiger partial charge in [-0.15, -0.1) is 0 Å². The molecule has 1 aromatic heterocycles. The number of aromatic nitrogens is 2. The molecule has 0 fully saturated rings. The van der Waals surface area contributed by atoms with E-state index in [0.29, 0.717) is 33.5 Å². The lowest BCUT2D eigenvalue weighted by Gasteiger charge is -2.12. The van der Waals surface area contributed by atoms with E-state index in [0.717, 1.165) is 17.1 Å². The number of ketones is 1. The number of amides is 2. The van der Waals surface area contributed by atoms with Gasteiger partial charge in [-0.25, -0.2) is 4.79 Å². The molecule has 0 unspecified atom stereocenters. The van der Waals surface area contributed by atoms with Gasteiger partial charge >= 0.3 is 6.03 Å². The minimum Gasteiger partial charge on any atom is -0.496 e. The van der Waals surface area contributed by atoms with Crippen LogP contribution < -0.4 is 15.4 Å². The third-order valence-corrected chi connectivity index (χ3v) is 5.08. The molecule has 0 saturated carbocycles. The summed E-state index contributed by atoms with van der Waals surface area (Å²) in [6.07, 6.45) is 0. The number of carbonyl (C=O) groups is 2. The molecule has 2 amide bonds. The fourth-order valence-corrected chi connectivity index (χ4v) is 3.58. The summed E-state index contributed by atoms with van der Waals surface area (Å²) in [6.45, 7) is 0. The van der Waals surface area contributed by atoms with Crippen LogP contribution in [0.3, 0.4) is 0 Å². The summed E-state index contributed by atoms with van der Waals surface area (Å²) in [4.78, 5) is 30.0. The number of hydrogen-bond acceptors (Lipinski definition) is 6. The predicted octanol–water partition coefficient (Wildman–Crippen LogP) is 5.09. The van der Waals surface area contributed by atoms with Gasteiger partial charge in [-0.3, -0.25) is 10.1 Å². The van der Waals surface area contributed by atoms with Crippen LogP contribution in [0.1, 0.15) is 15.9 Å². The van der Waals surface area contributed by atoms with Gasteiger partial charge in [0.25, 0.3) is 0 Å². The van der Waals surface area contributed by atoms with Gasteiger partial charge in [0, 0.05) is 22.7 Å². The third kappa shape index (κ3) is 4.59. The summed E-state index contributed by atoms with van der Waals surface area (Å²) in [7, 11) is 1.51. The van der Waals surface area contributed by atoms with Crippen molar-refractivity contribution in [1.82, 2.24) is 9.36 Å². The highest BCUT2D eigenvalue weighted by atomic mass is 32.1. The highest BCUT2D eigenvalue weighted by molar-refractivity contribution is 7.10. The fourth-order valence-electron chi connectivity index (χ4n) is 3.00. The Morgan fingerprint density at radius 2 is 1.52 bits per heavy atom. The number of hydrogen-bond donors (Lipinski definition) is 2. The molecule has 0 spiro atoms. The lowest BCUT2D eigenvalue weighted by molar-refractivity contribution is 0.103. The monoisotopic (exact) mass is 430 g/mol. The molecule has 0 bridgehead atoms. The second-order valence-corrected chi connectivity index (χ2v) is 7.20. The Labute approximate surface area is 182 Å². The number of para-hydroxylation sites is 2. The zero-order chi connectivity index (χ0) is 21.6.